The number of aliphatic imine (C=N–C) groups is 1. The van der Waals surface area contributed by atoms with E-state index in [2.05, 4.69) is 27.7 Å². The summed E-state index contributed by atoms with van der Waals surface area (Å²) in [7, 11) is 0. The lowest BCUT2D eigenvalue weighted by molar-refractivity contribution is -0.116. The smallest absolute Gasteiger partial charge is 0.288 e. The van der Waals surface area contributed by atoms with Crippen LogP contribution < -0.4 is 10.6 Å². The number of nitrogens with zero attached hydrogens (tertiary/aromatic N) is 2. The van der Waals surface area contributed by atoms with Gasteiger partial charge in [0.15, 0.2) is 5.84 Å². The molecule has 0 aromatic heterocycles. The van der Waals surface area contributed by atoms with Gasteiger partial charge < -0.3 is 15.5 Å². The third-order valence-electron chi connectivity index (χ3n) is 5.97. The summed E-state index contributed by atoms with van der Waals surface area (Å²) in [5.41, 5.74) is 2.85. The van der Waals surface area contributed by atoms with Crippen molar-refractivity contribution in [3.63, 3.8) is 0 Å². The molecular weight excluding hydrogens is 355 g/mol. The van der Waals surface area contributed by atoms with Crippen LogP contribution in [0.3, 0.4) is 0 Å². The summed E-state index contributed by atoms with van der Waals surface area (Å²) < 4.78 is 13.5. The number of hydrogen-bond donors (Lipinski definition) is 2. The average Bonchev–Trinajstić information content (AvgIpc) is 3.03. The maximum absolute atomic E-state index is 13.5. The zero-order valence-corrected chi connectivity index (χ0v) is 15.6. The van der Waals surface area contributed by atoms with Crippen LogP contribution in [0.1, 0.15) is 35.6 Å². The monoisotopic (exact) mass is 378 g/mol. The van der Waals surface area contributed by atoms with E-state index in [0.717, 1.165) is 36.9 Å². The van der Waals surface area contributed by atoms with E-state index in [1.54, 1.807) is 12.1 Å². The number of amides is 1. The lowest BCUT2D eigenvalue weighted by atomic mass is 9.88. The number of piperidine rings is 1. The van der Waals surface area contributed by atoms with Crippen molar-refractivity contribution >= 4 is 11.7 Å². The highest BCUT2D eigenvalue weighted by Crippen LogP contribution is 2.37. The van der Waals surface area contributed by atoms with Crippen LogP contribution in [-0.2, 0) is 11.2 Å². The number of halogens is 1. The second-order valence-electron chi connectivity index (χ2n) is 7.80. The summed E-state index contributed by atoms with van der Waals surface area (Å²) in [5, 5.41) is 6.46. The summed E-state index contributed by atoms with van der Waals surface area (Å²) in [5.74, 6) is 0.116. The van der Waals surface area contributed by atoms with Gasteiger partial charge in [-0.3, -0.25) is 4.79 Å². The zero-order chi connectivity index (χ0) is 19.1. The maximum atomic E-state index is 13.5. The zero-order valence-electron chi connectivity index (χ0n) is 15.6. The minimum absolute atomic E-state index is 0.116. The molecule has 5 rings (SSSR count). The van der Waals surface area contributed by atoms with Crippen LogP contribution in [0.15, 0.2) is 53.5 Å². The van der Waals surface area contributed by atoms with E-state index >= 15 is 0 Å². The third kappa shape index (κ3) is 2.88. The van der Waals surface area contributed by atoms with Crippen LogP contribution in [-0.4, -0.2) is 41.9 Å². The van der Waals surface area contributed by atoms with Crippen LogP contribution >= 0.6 is 0 Å². The molecule has 2 aromatic carbocycles. The van der Waals surface area contributed by atoms with Crippen molar-refractivity contribution in [3.05, 3.63) is 71.0 Å². The molecule has 28 heavy (non-hydrogen) atoms. The van der Waals surface area contributed by atoms with Crippen LogP contribution in [0.5, 0.6) is 0 Å². The Hall–Kier alpha value is -2.73. The SMILES string of the molecule is O=C1N[C@@]2(CCCNC2)N=C1N1CCc2ccccc2[C@@H]1c1ccc(F)cc1. The molecule has 2 atom stereocenters. The molecule has 3 heterocycles. The Morgan fingerprint density at radius 1 is 1.14 bits per heavy atom. The van der Waals surface area contributed by atoms with E-state index < -0.39 is 5.66 Å². The molecular formula is C22H23FN4O. The largest absolute Gasteiger partial charge is 0.341 e. The summed E-state index contributed by atoms with van der Waals surface area (Å²) in [6, 6.07) is 14.7. The van der Waals surface area contributed by atoms with E-state index in [1.165, 1.54) is 17.7 Å². The van der Waals surface area contributed by atoms with Gasteiger partial charge in [0, 0.05) is 13.1 Å². The Labute approximate surface area is 163 Å². The van der Waals surface area contributed by atoms with Gasteiger partial charge in [-0.25, -0.2) is 9.38 Å². The highest BCUT2D eigenvalue weighted by molar-refractivity contribution is 6.39. The van der Waals surface area contributed by atoms with Crippen molar-refractivity contribution in [2.45, 2.75) is 31.0 Å². The topological polar surface area (TPSA) is 56.7 Å². The minimum Gasteiger partial charge on any atom is -0.341 e. The molecule has 2 aromatic rings. The van der Waals surface area contributed by atoms with Crippen molar-refractivity contribution in [1.29, 1.82) is 0 Å². The Morgan fingerprint density at radius 2 is 1.96 bits per heavy atom. The highest BCUT2D eigenvalue weighted by Gasteiger charge is 2.44. The minimum atomic E-state index is -0.533. The van der Waals surface area contributed by atoms with Gasteiger partial charge in [-0.1, -0.05) is 36.4 Å². The molecule has 0 unspecified atom stereocenters. The number of carbonyl (C=O) groups excluding carboxylic acids is 1. The van der Waals surface area contributed by atoms with Gasteiger partial charge in [0.05, 0.1) is 6.04 Å². The second kappa shape index (κ2) is 6.71. The fourth-order valence-corrected chi connectivity index (χ4v) is 4.63. The molecule has 0 bridgehead atoms. The second-order valence-corrected chi connectivity index (χ2v) is 7.80. The first-order valence-electron chi connectivity index (χ1n) is 9.88. The van der Waals surface area contributed by atoms with Gasteiger partial charge >= 0.3 is 0 Å². The first kappa shape index (κ1) is 17.4. The quantitative estimate of drug-likeness (QED) is 0.801. The predicted molar refractivity (Wildman–Crippen MR) is 106 cm³/mol. The van der Waals surface area contributed by atoms with E-state index in [4.69, 9.17) is 4.99 Å². The predicted octanol–water partition coefficient (Wildman–Crippen LogP) is 2.38. The number of carbonyl (C=O) groups is 1. The first-order chi connectivity index (χ1) is 13.7. The van der Waals surface area contributed by atoms with E-state index in [-0.39, 0.29) is 17.8 Å². The Morgan fingerprint density at radius 3 is 2.75 bits per heavy atom. The number of fused-ring (bicyclic) bond motifs is 1. The lowest BCUT2D eigenvalue weighted by Gasteiger charge is -2.38. The number of benzene rings is 2. The molecule has 144 valence electrons. The third-order valence-corrected chi connectivity index (χ3v) is 5.97. The van der Waals surface area contributed by atoms with Gasteiger partial charge in [-0.05, 0) is 54.6 Å². The molecule has 1 amide bonds. The molecule has 0 radical (unpaired) electrons. The molecule has 0 aliphatic carbocycles. The Balaban J connectivity index is 1.59. The number of rotatable bonds is 1. The van der Waals surface area contributed by atoms with Crippen molar-refractivity contribution in [2.24, 2.45) is 4.99 Å². The van der Waals surface area contributed by atoms with Crippen LogP contribution in [0.2, 0.25) is 0 Å². The van der Waals surface area contributed by atoms with Gasteiger partial charge in [0.1, 0.15) is 11.5 Å². The Kier molecular flexibility index (Phi) is 4.16. The molecule has 3 aliphatic rings. The average molecular weight is 378 g/mol. The maximum Gasteiger partial charge on any atom is 0.288 e. The van der Waals surface area contributed by atoms with Gasteiger partial charge in [-0.15, -0.1) is 0 Å². The normalized spacial score (nSPS) is 26.8. The van der Waals surface area contributed by atoms with E-state index in [9.17, 15) is 9.18 Å². The molecule has 2 N–H and O–H groups in total. The summed E-state index contributed by atoms with van der Waals surface area (Å²) in [4.78, 5) is 19.9. The van der Waals surface area contributed by atoms with Crippen molar-refractivity contribution in [1.82, 2.24) is 15.5 Å². The van der Waals surface area contributed by atoms with Gasteiger partial charge in [-0.2, -0.15) is 0 Å². The van der Waals surface area contributed by atoms with Crippen LogP contribution in [0.4, 0.5) is 4.39 Å². The number of amidine groups is 1. The van der Waals surface area contributed by atoms with Crippen molar-refractivity contribution in [3.8, 4) is 0 Å². The van der Waals surface area contributed by atoms with Crippen LogP contribution in [0.25, 0.3) is 0 Å². The number of hydrogen-bond acceptors (Lipinski definition) is 4. The fraction of sp³-hybridized carbons (Fsp3) is 0.364. The molecule has 1 fully saturated rings. The fourth-order valence-electron chi connectivity index (χ4n) is 4.63. The molecule has 5 nitrogen and oxygen atoms in total. The van der Waals surface area contributed by atoms with E-state index in [1.807, 2.05) is 12.1 Å². The van der Waals surface area contributed by atoms with Crippen molar-refractivity contribution in [2.75, 3.05) is 19.6 Å². The molecule has 3 aliphatic heterocycles. The number of nitrogens with one attached hydrogen (secondary N) is 2. The summed E-state index contributed by atoms with van der Waals surface area (Å²) in [6.45, 7) is 2.32. The van der Waals surface area contributed by atoms with Gasteiger partial charge in [0.25, 0.3) is 5.91 Å². The molecule has 6 heteroatoms. The Bertz CT molecular complexity index is 934. The standard InChI is InChI=1S/C22H23FN4O/c23-17-8-6-16(7-9-17)19-18-5-2-1-4-15(18)10-13-27(19)20-21(28)26-22(25-20)11-3-12-24-14-22/h1-2,4-9,19,24H,3,10-14H2,(H,26,28)/t19-,22+/m0/s1. The lowest BCUT2D eigenvalue weighted by Crippen LogP contribution is -2.53. The first-order valence-corrected chi connectivity index (χ1v) is 9.88. The van der Waals surface area contributed by atoms with Crippen LogP contribution in [0, 0.1) is 5.82 Å². The summed E-state index contributed by atoms with van der Waals surface area (Å²) in [6.07, 6.45) is 2.69. The van der Waals surface area contributed by atoms with E-state index in [0.29, 0.717) is 18.9 Å². The van der Waals surface area contributed by atoms with Crippen molar-refractivity contribution < 1.29 is 9.18 Å². The van der Waals surface area contributed by atoms with Gasteiger partial charge in [0.2, 0.25) is 0 Å². The molecule has 0 saturated carbocycles. The highest BCUT2D eigenvalue weighted by atomic mass is 19.1. The molecule has 1 saturated heterocycles. The molecule has 1 spiro atoms. The summed E-state index contributed by atoms with van der Waals surface area (Å²) >= 11 is 0.